The van der Waals surface area contributed by atoms with Crippen LogP contribution < -0.4 is 5.73 Å². The Morgan fingerprint density at radius 3 is 2.76 bits per heavy atom. The van der Waals surface area contributed by atoms with Gasteiger partial charge in [0.05, 0.1) is 6.54 Å². The monoisotopic (exact) mass is 422 g/mol. The van der Waals surface area contributed by atoms with E-state index >= 15 is 0 Å². The van der Waals surface area contributed by atoms with Crippen molar-refractivity contribution in [1.29, 1.82) is 0 Å². The van der Waals surface area contributed by atoms with E-state index in [9.17, 15) is 4.79 Å². The third-order valence-corrected chi connectivity index (χ3v) is 4.62. The Hall–Kier alpha value is -0.530. The van der Waals surface area contributed by atoms with E-state index in [1.807, 2.05) is 32.9 Å². The number of hydrogen-bond donors (Lipinski definition) is 1. The molecule has 2 rings (SSSR count). The van der Waals surface area contributed by atoms with Crippen molar-refractivity contribution in [1.82, 2.24) is 4.90 Å². The van der Waals surface area contributed by atoms with Crippen molar-refractivity contribution in [2.24, 2.45) is 5.73 Å². The van der Waals surface area contributed by atoms with E-state index in [-0.39, 0.29) is 12.1 Å². The van der Waals surface area contributed by atoms with Crippen LogP contribution in [0.3, 0.4) is 0 Å². The first-order valence-electron chi connectivity index (χ1n) is 6.89. The molecule has 116 valence electrons. The van der Waals surface area contributed by atoms with Crippen molar-refractivity contribution in [3.05, 3.63) is 31.9 Å². The standard InChI is InChI=1S/C15H20ClIN2O2/c1-15(2,3)21-14(20)19-7-6-12(18)13-9(8-19)10(16)4-5-11(13)17/h4-5,12H,6-8,18H2,1-3H3. The molecule has 1 atom stereocenters. The number of amides is 1. The molecular formula is C15H20ClIN2O2. The fraction of sp³-hybridized carbons (Fsp3) is 0.533. The molecule has 0 bridgehead atoms. The molecule has 1 aromatic rings. The predicted octanol–water partition coefficient (Wildman–Crippen LogP) is 4.09. The van der Waals surface area contributed by atoms with Crippen LogP contribution in [0.15, 0.2) is 12.1 Å². The number of nitrogens with two attached hydrogens (primary N) is 1. The predicted molar refractivity (Wildman–Crippen MR) is 92.4 cm³/mol. The normalized spacial score (nSPS) is 19.0. The maximum atomic E-state index is 12.3. The maximum Gasteiger partial charge on any atom is 0.410 e. The summed E-state index contributed by atoms with van der Waals surface area (Å²) in [7, 11) is 0. The SMILES string of the molecule is CC(C)(C)OC(=O)N1CCC(N)c2c(I)ccc(Cl)c2C1. The third kappa shape index (κ3) is 4.02. The molecule has 21 heavy (non-hydrogen) atoms. The molecule has 0 saturated heterocycles. The lowest BCUT2D eigenvalue weighted by Gasteiger charge is -2.26. The molecule has 1 heterocycles. The van der Waals surface area contributed by atoms with Crippen LogP contribution in [-0.4, -0.2) is 23.1 Å². The number of halogens is 2. The maximum absolute atomic E-state index is 12.3. The smallest absolute Gasteiger partial charge is 0.410 e. The quantitative estimate of drug-likeness (QED) is 0.641. The molecule has 0 spiro atoms. The zero-order chi connectivity index (χ0) is 15.8. The van der Waals surface area contributed by atoms with E-state index in [0.717, 1.165) is 14.7 Å². The van der Waals surface area contributed by atoms with Gasteiger partial charge in [-0.3, -0.25) is 0 Å². The van der Waals surface area contributed by atoms with Gasteiger partial charge in [-0.15, -0.1) is 0 Å². The second-order valence-electron chi connectivity index (χ2n) is 6.22. The lowest BCUT2D eigenvalue weighted by atomic mass is 10.0. The minimum absolute atomic E-state index is 0.113. The molecule has 0 saturated carbocycles. The fourth-order valence-corrected chi connectivity index (χ4v) is 3.49. The molecule has 1 aliphatic rings. The van der Waals surface area contributed by atoms with Gasteiger partial charge in [0.25, 0.3) is 0 Å². The van der Waals surface area contributed by atoms with Gasteiger partial charge in [0, 0.05) is 21.2 Å². The largest absolute Gasteiger partial charge is 0.444 e. The molecule has 0 fully saturated rings. The van der Waals surface area contributed by atoms with Crippen molar-refractivity contribution < 1.29 is 9.53 Å². The zero-order valence-electron chi connectivity index (χ0n) is 12.5. The highest BCUT2D eigenvalue weighted by Gasteiger charge is 2.29. The summed E-state index contributed by atoms with van der Waals surface area (Å²) >= 11 is 8.58. The van der Waals surface area contributed by atoms with Crippen LogP contribution in [0.1, 0.15) is 44.4 Å². The molecule has 0 radical (unpaired) electrons. The lowest BCUT2D eigenvalue weighted by Crippen LogP contribution is -2.36. The first-order valence-corrected chi connectivity index (χ1v) is 8.35. The van der Waals surface area contributed by atoms with Crippen molar-refractivity contribution in [2.75, 3.05) is 6.54 Å². The molecular weight excluding hydrogens is 403 g/mol. The van der Waals surface area contributed by atoms with E-state index < -0.39 is 5.60 Å². The van der Waals surface area contributed by atoms with Gasteiger partial charge in [-0.2, -0.15) is 0 Å². The van der Waals surface area contributed by atoms with Crippen molar-refractivity contribution in [2.45, 2.75) is 45.4 Å². The van der Waals surface area contributed by atoms with Crippen LogP contribution in [0.5, 0.6) is 0 Å². The van der Waals surface area contributed by atoms with Crippen molar-refractivity contribution in [3.63, 3.8) is 0 Å². The third-order valence-electron chi connectivity index (χ3n) is 3.33. The van der Waals surface area contributed by atoms with Gasteiger partial charge in [0.15, 0.2) is 0 Å². The number of fused-ring (bicyclic) bond motifs is 1. The molecule has 4 nitrogen and oxygen atoms in total. The molecule has 6 heteroatoms. The Bertz CT molecular complexity index is 557. The number of ether oxygens (including phenoxy) is 1. The Labute approximate surface area is 144 Å². The topological polar surface area (TPSA) is 55.6 Å². The minimum atomic E-state index is -0.511. The fourth-order valence-electron chi connectivity index (χ4n) is 2.36. The van der Waals surface area contributed by atoms with Crippen LogP contribution in [0.4, 0.5) is 4.79 Å². The second-order valence-corrected chi connectivity index (χ2v) is 7.79. The number of nitrogens with zero attached hydrogens (tertiary/aromatic N) is 1. The van der Waals surface area contributed by atoms with Crippen LogP contribution in [0.25, 0.3) is 0 Å². The molecule has 1 amide bonds. The van der Waals surface area contributed by atoms with Gasteiger partial charge in [0.1, 0.15) is 5.60 Å². The summed E-state index contributed by atoms with van der Waals surface area (Å²) in [5, 5.41) is 0.649. The lowest BCUT2D eigenvalue weighted by molar-refractivity contribution is 0.0235. The Morgan fingerprint density at radius 2 is 2.14 bits per heavy atom. The van der Waals surface area contributed by atoms with E-state index in [1.54, 1.807) is 4.90 Å². The van der Waals surface area contributed by atoms with E-state index in [2.05, 4.69) is 22.6 Å². The zero-order valence-corrected chi connectivity index (χ0v) is 15.4. The molecule has 0 aliphatic carbocycles. The van der Waals surface area contributed by atoms with E-state index in [0.29, 0.717) is 24.5 Å². The number of benzene rings is 1. The highest BCUT2D eigenvalue weighted by molar-refractivity contribution is 14.1. The first kappa shape index (κ1) is 16.8. The van der Waals surface area contributed by atoms with E-state index in [4.69, 9.17) is 22.1 Å². The van der Waals surface area contributed by atoms with Gasteiger partial charge in [-0.25, -0.2) is 4.79 Å². The van der Waals surface area contributed by atoms with Crippen LogP contribution in [0.2, 0.25) is 5.02 Å². The van der Waals surface area contributed by atoms with Crippen LogP contribution in [0, 0.1) is 3.57 Å². The van der Waals surface area contributed by atoms with Gasteiger partial charge in [0.2, 0.25) is 0 Å². The Kier molecular flexibility index (Phi) is 5.05. The number of carbonyl (C=O) groups excluding carboxylic acids is 1. The summed E-state index contributed by atoms with van der Waals surface area (Å²) in [6.45, 7) is 6.58. The highest BCUT2D eigenvalue weighted by atomic mass is 127. The van der Waals surface area contributed by atoms with Crippen molar-refractivity contribution >= 4 is 40.3 Å². The Balaban J connectivity index is 2.31. The number of hydrogen-bond acceptors (Lipinski definition) is 3. The second kappa shape index (κ2) is 6.30. The van der Waals surface area contributed by atoms with Gasteiger partial charge >= 0.3 is 6.09 Å². The van der Waals surface area contributed by atoms with E-state index in [1.165, 1.54) is 0 Å². The molecule has 2 N–H and O–H groups in total. The van der Waals surface area contributed by atoms with Gasteiger partial charge in [-0.05, 0) is 73.0 Å². The molecule has 1 aliphatic heterocycles. The van der Waals surface area contributed by atoms with Gasteiger partial charge < -0.3 is 15.4 Å². The molecule has 0 aromatic heterocycles. The Morgan fingerprint density at radius 1 is 1.48 bits per heavy atom. The first-order chi connectivity index (χ1) is 9.69. The summed E-state index contributed by atoms with van der Waals surface area (Å²) in [5.74, 6) is 0. The van der Waals surface area contributed by atoms with Gasteiger partial charge in [-0.1, -0.05) is 11.6 Å². The summed E-state index contributed by atoms with van der Waals surface area (Å²) in [6, 6.07) is 3.70. The number of rotatable bonds is 0. The highest BCUT2D eigenvalue weighted by Crippen LogP contribution is 2.34. The summed E-state index contributed by atoms with van der Waals surface area (Å²) < 4.78 is 6.54. The minimum Gasteiger partial charge on any atom is -0.444 e. The summed E-state index contributed by atoms with van der Waals surface area (Å²) in [6.07, 6.45) is 0.375. The average molecular weight is 423 g/mol. The average Bonchev–Trinajstić information content (AvgIpc) is 2.52. The molecule has 1 unspecified atom stereocenters. The van der Waals surface area contributed by atoms with Crippen molar-refractivity contribution in [3.8, 4) is 0 Å². The van der Waals surface area contributed by atoms with Crippen LogP contribution >= 0.6 is 34.2 Å². The van der Waals surface area contributed by atoms with Crippen LogP contribution in [-0.2, 0) is 11.3 Å². The number of carbonyl (C=O) groups is 1. The summed E-state index contributed by atoms with van der Waals surface area (Å²) in [4.78, 5) is 14.0. The summed E-state index contributed by atoms with van der Waals surface area (Å²) in [5.41, 5.74) is 7.73. The molecule has 1 aromatic carbocycles.